The van der Waals surface area contributed by atoms with Crippen LogP contribution in [0.25, 0.3) is 0 Å². The molecule has 0 spiro atoms. The summed E-state index contributed by atoms with van der Waals surface area (Å²) in [4.78, 5) is 0. The molecule has 1 heterocycles. The zero-order valence-electron chi connectivity index (χ0n) is 10.5. The third kappa shape index (κ3) is 2.92. The fraction of sp³-hybridized carbons (Fsp3) is 1.00. The highest BCUT2D eigenvalue weighted by Crippen LogP contribution is 2.29. The second-order valence-corrected chi connectivity index (χ2v) is 4.49. The van der Waals surface area contributed by atoms with Crippen LogP contribution >= 0.6 is 0 Å². The summed E-state index contributed by atoms with van der Waals surface area (Å²) in [7, 11) is 2.02. The van der Waals surface area contributed by atoms with E-state index in [-0.39, 0.29) is 5.60 Å². The van der Waals surface area contributed by atoms with Gasteiger partial charge in [-0.2, -0.15) is 0 Å². The zero-order chi connectivity index (χ0) is 11.3. The maximum Gasteiger partial charge on any atom is 0.0807 e. The van der Waals surface area contributed by atoms with Gasteiger partial charge in [-0.1, -0.05) is 6.92 Å². The van der Waals surface area contributed by atoms with Gasteiger partial charge in [-0.05, 0) is 33.7 Å². The van der Waals surface area contributed by atoms with Crippen molar-refractivity contribution in [2.75, 3.05) is 26.9 Å². The van der Waals surface area contributed by atoms with E-state index in [1.807, 2.05) is 7.05 Å². The van der Waals surface area contributed by atoms with Crippen LogP contribution in [-0.2, 0) is 9.47 Å². The lowest BCUT2D eigenvalue weighted by Crippen LogP contribution is -2.53. The Balaban J connectivity index is 2.68. The Morgan fingerprint density at radius 3 is 2.67 bits per heavy atom. The summed E-state index contributed by atoms with van der Waals surface area (Å²) in [6.07, 6.45) is 2.18. The predicted molar refractivity (Wildman–Crippen MR) is 62.1 cm³/mol. The average molecular weight is 215 g/mol. The molecular formula is C12H25NO2. The van der Waals surface area contributed by atoms with Crippen LogP contribution in [0.15, 0.2) is 0 Å². The summed E-state index contributed by atoms with van der Waals surface area (Å²) < 4.78 is 11.4. The lowest BCUT2D eigenvalue weighted by Gasteiger charge is -2.39. The third-order valence-corrected chi connectivity index (χ3v) is 3.58. The molecule has 1 fully saturated rings. The van der Waals surface area contributed by atoms with E-state index in [2.05, 4.69) is 26.1 Å². The molecule has 0 aromatic rings. The molecule has 0 amide bonds. The molecule has 1 aliphatic rings. The minimum absolute atomic E-state index is 0.0676. The molecule has 3 heteroatoms. The van der Waals surface area contributed by atoms with Gasteiger partial charge in [-0.25, -0.2) is 0 Å². The molecule has 1 aliphatic heterocycles. The van der Waals surface area contributed by atoms with Crippen molar-refractivity contribution in [3.05, 3.63) is 0 Å². The first-order valence-corrected chi connectivity index (χ1v) is 6.07. The SMILES string of the molecule is CCOC(C)(CC)C(NC)C1CCOC1. The van der Waals surface area contributed by atoms with E-state index >= 15 is 0 Å². The summed E-state index contributed by atoms with van der Waals surface area (Å²) in [6, 6.07) is 0.393. The van der Waals surface area contributed by atoms with Gasteiger partial charge in [-0.15, -0.1) is 0 Å². The Kier molecular flexibility index (Phi) is 5.03. The molecule has 0 aromatic heterocycles. The number of likely N-dealkylation sites (N-methyl/N-ethyl adjacent to an activating group) is 1. The van der Waals surface area contributed by atoms with Crippen LogP contribution in [0.4, 0.5) is 0 Å². The van der Waals surface area contributed by atoms with Crippen molar-refractivity contribution >= 4 is 0 Å². The van der Waals surface area contributed by atoms with Gasteiger partial charge in [0, 0.05) is 25.2 Å². The van der Waals surface area contributed by atoms with Crippen LogP contribution in [0.1, 0.15) is 33.6 Å². The van der Waals surface area contributed by atoms with Crippen molar-refractivity contribution in [1.29, 1.82) is 0 Å². The second-order valence-electron chi connectivity index (χ2n) is 4.49. The first-order chi connectivity index (χ1) is 7.18. The Morgan fingerprint density at radius 2 is 2.27 bits per heavy atom. The molecule has 0 radical (unpaired) electrons. The van der Waals surface area contributed by atoms with E-state index in [0.717, 1.165) is 32.7 Å². The van der Waals surface area contributed by atoms with Crippen molar-refractivity contribution in [2.24, 2.45) is 5.92 Å². The molecule has 0 aromatic carbocycles. The highest BCUT2D eigenvalue weighted by atomic mass is 16.5. The summed E-state index contributed by atoms with van der Waals surface area (Å²) in [5.41, 5.74) is -0.0676. The minimum atomic E-state index is -0.0676. The van der Waals surface area contributed by atoms with Crippen LogP contribution in [0.3, 0.4) is 0 Å². The van der Waals surface area contributed by atoms with Gasteiger partial charge in [0.15, 0.2) is 0 Å². The smallest absolute Gasteiger partial charge is 0.0807 e. The molecule has 90 valence electrons. The van der Waals surface area contributed by atoms with Crippen LogP contribution in [0.2, 0.25) is 0 Å². The minimum Gasteiger partial charge on any atom is -0.381 e. The second kappa shape index (κ2) is 5.83. The van der Waals surface area contributed by atoms with E-state index in [4.69, 9.17) is 9.47 Å². The molecule has 1 rings (SSSR count). The summed E-state index contributed by atoms with van der Waals surface area (Å²) in [6.45, 7) is 9.00. The number of hydrogen-bond donors (Lipinski definition) is 1. The van der Waals surface area contributed by atoms with E-state index in [0.29, 0.717) is 12.0 Å². The molecule has 3 unspecified atom stereocenters. The molecule has 0 aliphatic carbocycles. The maximum absolute atomic E-state index is 5.93. The first-order valence-electron chi connectivity index (χ1n) is 6.07. The van der Waals surface area contributed by atoms with Gasteiger partial charge in [0.25, 0.3) is 0 Å². The molecule has 3 nitrogen and oxygen atoms in total. The molecule has 1 saturated heterocycles. The lowest BCUT2D eigenvalue weighted by atomic mass is 9.83. The van der Waals surface area contributed by atoms with Gasteiger partial charge >= 0.3 is 0 Å². The maximum atomic E-state index is 5.93. The Hall–Kier alpha value is -0.120. The van der Waals surface area contributed by atoms with Gasteiger partial charge in [0.2, 0.25) is 0 Å². The number of hydrogen-bond acceptors (Lipinski definition) is 3. The van der Waals surface area contributed by atoms with Crippen molar-refractivity contribution in [3.63, 3.8) is 0 Å². The van der Waals surface area contributed by atoms with Crippen molar-refractivity contribution in [1.82, 2.24) is 5.32 Å². The van der Waals surface area contributed by atoms with Gasteiger partial charge < -0.3 is 14.8 Å². The summed E-state index contributed by atoms with van der Waals surface area (Å²) in [5, 5.41) is 3.42. The topological polar surface area (TPSA) is 30.5 Å². The van der Waals surface area contributed by atoms with Crippen LogP contribution in [-0.4, -0.2) is 38.5 Å². The van der Waals surface area contributed by atoms with Crippen molar-refractivity contribution < 1.29 is 9.47 Å². The standard InChI is InChI=1S/C12H25NO2/c1-5-12(3,15-6-2)11(13-4)10-7-8-14-9-10/h10-11,13H,5-9H2,1-4H3. The van der Waals surface area contributed by atoms with Crippen LogP contribution < -0.4 is 5.32 Å². The average Bonchev–Trinajstić information content (AvgIpc) is 2.72. The highest BCUT2D eigenvalue weighted by molar-refractivity contribution is 4.93. The van der Waals surface area contributed by atoms with E-state index in [9.17, 15) is 0 Å². The molecule has 3 atom stereocenters. The predicted octanol–water partition coefficient (Wildman–Crippen LogP) is 1.82. The number of rotatable bonds is 6. The van der Waals surface area contributed by atoms with Gasteiger partial charge in [0.05, 0.1) is 12.2 Å². The largest absolute Gasteiger partial charge is 0.381 e. The monoisotopic (exact) mass is 215 g/mol. The quantitative estimate of drug-likeness (QED) is 0.733. The fourth-order valence-corrected chi connectivity index (χ4v) is 2.60. The van der Waals surface area contributed by atoms with E-state index < -0.39 is 0 Å². The summed E-state index contributed by atoms with van der Waals surface area (Å²) in [5.74, 6) is 0.589. The highest BCUT2D eigenvalue weighted by Gasteiger charge is 2.39. The van der Waals surface area contributed by atoms with Crippen molar-refractivity contribution in [2.45, 2.75) is 45.3 Å². The van der Waals surface area contributed by atoms with Crippen LogP contribution in [0, 0.1) is 5.92 Å². The molecular weight excluding hydrogens is 190 g/mol. The normalized spacial score (nSPS) is 27.6. The van der Waals surface area contributed by atoms with Crippen LogP contribution in [0.5, 0.6) is 0 Å². The molecule has 15 heavy (non-hydrogen) atoms. The van der Waals surface area contributed by atoms with Crippen molar-refractivity contribution in [3.8, 4) is 0 Å². The Bertz CT molecular complexity index is 180. The molecule has 0 saturated carbocycles. The zero-order valence-corrected chi connectivity index (χ0v) is 10.5. The lowest BCUT2D eigenvalue weighted by molar-refractivity contribution is -0.0679. The number of nitrogens with one attached hydrogen (secondary N) is 1. The third-order valence-electron chi connectivity index (χ3n) is 3.58. The van der Waals surface area contributed by atoms with E-state index in [1.54, 1.807) is 0 Å². The summed E-state index contributed by atoms with van der Waals surface area (Å²) >= 11 is 0. The number of ether oxygens (including phenoxy) is 2. The Labute approximate surface area is 93.5 Å². The van der Waals surface area contributed by atoms with E-state index in [1.165, 1.54) is 0 Å². The van der Waals surface area contributed by atoms with Gasteiger partial charge in [-0.3, -0.25) is 0 Å². The Morgan fingerprint density at radius 1 is 1.53 bits per heavy atom. The molecule has 1 N–H and O–H groups in total. The first kappa shape index (κ1) is 12.9. The fourth-order valence-electron chi connectivity index (χ4n) is 2.60. The molecule has 0 bridgehead atoms. The van der Waals surface area contributed by atoms with Gasteiger partial charge in [0.1, 0.15) is 0 Å².